The van der Waals surface area contributed by atoms with E-state index in [-0.39, 0.29) is 5.60 Å². The number of fused-ring (bicyclic) bond motifs is 1. The van der Waals surface area contributed by atoms with Crippen molar-refractivity contribution in [1.82, 2.24) is 0 Å². The maximum atomic E-state index is 11.1. The summed E-state index contributed by atoms with van der Waals surface area (Å²) in [5, 5.41) is 11.1. The molecule has 1 N–H and O–H groups in total. The van der Waals surface area contributed by atoms with Gasteiger partial charge in [0.1, 0.15) is 0 Å². The Balaban J connectivity index is 1.97. The molecule has 2 heteroatoms. The molecule has 88 valence electrons. The van der Waals surface area contributed by atoms with Crippen LogP contribution in [-0.4, -0.2) is 19.1 Å². The number of halogens is 1. The van der Waals surface area contributed by atoms with Crippen LogP contribution >= 0.6 is 0 Å². The van der Waals surface area contributed by atoms with Crippen molar-refractivity contribution < 1.29 is 26.3 Å². The SMILES string of the molecule is CC(C)C1(O)C2C[I-]C3CC(C2)CC1C3. The maximum absolute atomic E-state index is 11.1. The second-order valence-electron chi connectivity index (χ2n) is 6.15. The predicted octanol–water partition coefficient (Wildman–Crippen LogP) is -0.719. The van der Waals surface area contributed by atoms with Crippen LogP contribution in [0.2, 0.25) is 0 Å². The molecule has 2 saturated heterocycles. The van der Waals surface area contributed by atoms with Crippen molar-refractivity contribution in [2.24, 2.45) is 23.7 Å². The van der Waals surface area contributed by atoms with Gasteiger partial charge in [-0.3, -0.25) is 0 Å². The average Bonchev–Trinajstić information content (AvgIpc) is 2.39. The van der Waals surface area contributed by atoms with Crippen LogP contribution < -0.4 is 21.2 Å². The van der Waals surface area contributed by atoms with Crippen molar-refractivity contribution in [1.29, 1.82) is 0 Å². The number of hydrogen-bond acceptors (Lipinski definition) is 1. The van der Waals surface area contributed by atoms with Crippen LogP contribution in [0, 0.1) is 23.7 Å². The van der Waals surface area contributed by atoms with E-state index in [9.17, 15) is 5.11 Å². The summed E-state index contributed by atoms with van der Waals surface area (Å²) in [6.07, 6.45) is 5.58. The molecule has 0 aromatic rings. The number of aliphatic hydroxyl groups is 1. The van der Waals surface area contributed by atoms with Crippen molar-refractivity contribution in [3.63, 3.8) is 0 Å². The zero-order chi connectivity index (χ0) is 10.6. The Hall–Kier alpha value is 0.690. The molecule has 2 aliphatic heterocycles. The first-order valence-electron chi connectivity index (χ1n) is 6.40. The van der Waals surface area contributed by atoms with E-state index in [0.717, 1.165) is 9.84 Å². The van der Waals surface area contributed by atoms with Gasteiger partial charge >= 0.3 is 103 Å². The Morgan fingerprint density at radius 1 is 1.13 bits per heavy atom. The van der Waals surface area contributed by atoms with E-state index in [1.165, 1.54) is 30.1 Å². The molecule has 5 atom stereocenters. The third-order valence-electron chi connectivity index (χ3n) is 5.09. The van der Waals surface area contributed by atoms with Crippen LogP contribution in [0.4, 0.5) is 0 Å². The summed E-state index contributed by atoms with van der Waals surface area (Å²) in [5.41, 5.74) is -0.286. The van der Waals surface area contributed by atoms with Crippen molar-refractivity contribution in [2.45, 2.75) is 49.1 Å². The molecular weight excluding hydrogens is 299 g/mol. The van der Waals surface area contributed by atoms with Crippen molar-refractivity contribution >= 4 is 0 Å². The van der Waals surface area contributed by atoms with E-state index in [1.54, 1.807) is 0 Å². The Labute approximate surface area is 103 Å². The van der Waals surface area contributed by atoms with Gasteiger partial charge < -0.3 is 0 Å². The van der Waals surface area contributed by atoms with Gasteiger partial charge in [-0.2, -0.15) is 0 Å². The molecule has 0 aromatic carbocycles. The third kappa shape index (κ3) is 1.50. The van der Waals surface area contributed by atoms with Crippen LogP contribution in [0.1, 0.15) is 39.5 Å². The Morgan fingerprint density at radius 2 is 1.87 bits per heavy atom. The van der Waals surface area contributed by atoms with Gasteiger partial charge in [-0.25, -0.2) is 0 Å². The van der Waals surface area contributed by atoms with E-state index < -0.39 is 0 Å². The normalized spacial score (nSPS) is 54.1. The molecule has 4 bridgehead atoms. The standard InChI is InChI=1S/C13H22IO/c1-8(2)13(15)10-3-9-4-11(13)7-14-12(5-9)6-10/h8-12,15H,3-7H2,1-2H3/q-1. The second-order valence-corrected chi connectivity index (χ2v) is 9.67. The summed E-state index contributed by atoms with van der Waals surface area (Å²) in [7, 11) is 0. The zero-order valence-electron chi connectivity index (χ0n) is 9.75. The summed E-state index contributed by atoms with van der Waals surface area (Å²) in [6.45, 7) is 4.47. The van der Waals surface area contributed by atoms with Crippen LogP contribution in [0.15, 0.2) is 0 Å². The minimum absolute atomic E-state index is 0.286. The summed E-state index contributed by atoms with van der Waals surface area (Å²) < 4.78 is 2.47. The quantitative estimate of drug-likeness (QED) is 0.499. The molecule has 4 aliphatic rings. The summed E-state index contributed by atoms with van der Waals surface area (Å²) in [5.74, 6) is 2.78. The molecule has 4 fully saturated rings. The van der Waals surface area contributed by atoms with Gasteiger partial charge in [-0.15, -0.1) is 0 Å². The molecular formula is C13H22IO-. The fourth-order valence-corrected chi connectivity index (χ4v) is 8.80. The Morgan fingerprint density at radius 3 is 2.60 bits per heavy atom. The minimum atomic E-state index is -0.286. The molecule has 5 unspecified atom stereocenters. The van der Waals surface area contributed by atoms with E-state index >= 15 is 0 Å². The number of hydrogen-bond donors (Lipinski definition) is 1. The van der Waals surface area contributed by atoms with Gasteiger partial charge in [0, 0.05) is 0 Å². The fraction of sp³-hybridized carbons (Fsp3) is 1.00. The van der Waals surface area contributed by atoms with Crippen LogP contribution in [0.5, 0.6) is 0 Å². The summed E-state index contributed by atoms with van der Waals surface area (Å²) in [6, 6.07) is 0. The molecule has 4 rings (SSSR count). The first-order valence-corrected chi connectivity index (χ1v) is 9.18. The molecule has 0 aromatic heterocycles. The van der Waals surface area contributed by atoms with Gasteiger partial charge in [0.2, 0.25) is 0 Å². The van der Waals surface area contributed by atoms with Crippen LogP contribution in [0.3, 0.4) is 0 Å². The Kier molecular flexibility index (Phi) is 2.59. The van der Waals surface area contributed by atoms with Gasteiger partial charge in [-0.05, 0) is 0 Å². The summed E-state index contributed by atoms with van der Waals surface area (Å²) >= 11 is 0.402. The topological polar surface area (TPSA) is 20.2 Å². The average molecular weight is 321 g/mol. The van der Waals surface area contributed by atoms with Gasteiger partial charge in [0.25, 0.3) is 0 Å². The Bertz CT molecular complexity index is 255. The van der Waals surface area contributed by atoms with E-state index in [2.05, 4.69) is 13.8 Å². The molecule has 0 spiro atoms. The predicted molar refractivity (Wildman–Crippen MR) is 57.4 cm³/mol. The zero-order valence-corrected chi connectivity index (χ0v) is 11.9. The number of rotatable bonds is 1. The summed E-state index contributed by atoms with van der Waals surface area (Å²) in [4.78, 5) is 0. The molecule has 0 amide bonds. The second kappa shape index (κ2) is 3.59. The molecule has 0 radical (unpaired) electrons. The molecule has 15 heavy (non-hydrogen) atoms. The van der Waals surface area contributed by atoms with Crippen molar-refractivity contribution in [2.75, 3.05) is 4.43 Å². The first-order chi connectivity index (χ1) is 7.10. The number of alkyl halides is 2. The van der Waals surface area contributed by atoms with Crippen molar-refractivity contribution in [3.05, 3.63) is 0 Å². The van der Waals surface area contributed by atoms with Gasteiger partial charge in [0.15, 0.2) is 0 Å². The molecule has 2 heterocycles. The van der Waals surface area contributed by atoms with Gasteiger partial charge in [0.05, 0.1) is 0 Å². The fourth-order valence-electron chi connectivity index (χ4n) is 4.34. The van der Waals surface area contributed by atoms with E-state index in [4.69, 9.17) is 0 Å². The molecule has 1 nitrogen and oxygen atoms in total. The van der Waals surface area contributed by atoms with Gasteiger partial charge in [-0.1, -0.05) is 0 Å². The van der Waals surface area contributed by atoms with Crippen molar-refractivity contribution in [3.8, 4) is 0 Å². The van der Waals surface area contributed by atoms with Crippen LogP contribution in [0.25, 0.3) is 0 Å². The first kappa shape index (κ1) is 10.8. The van der Waals surface area contributed by atoms with E-state index in [1.807, 2.05) is 0 Å². The van der Waals surface area contributed by atoms with E-state index in [0.29, 0.717) is 39.0 Å². The third-order valence-corrected chi connectivity index (χ3v) is 8.93. The monoisotopic (exact) mass is 321 g/mol. The molecule has 2 aliphatic carbocycles. The van der Waals surface area contributed by atoms with Crippen LogP contribution in [-0.2, 0) is 0 Å². The molecule has 2 saturated carbocycles.